The van der Waals surface area contributed by atoms with Gasteiger partial charge in [0.2, 0.25) is 5.91 Å². The number of nitrogens with one attached hydrogen (secondary N) is 1. The molecule has 0 bridgehead atoms. The predicted molar refractivity (Wildman–Crippen MR) is 138 cm³/mol. The van der Waals surface area contributed by atoms with Crippen LogP contribution in [-0.2, 0) is 24.4 Å². The first-order valence-corrected chi connectivity index (χ1v) is 12.8. The molecule has 2 aromatic heterocycles. The van der Waals surface area contributed by atoms with Crippen molar-refractivity contribution in [2.24, 2.45) is 0 Å². The van der Waals surface area contributed by atoms with Gasteiger partial charge in [-0.2, -0.15) is 0 Å². The molecule has 0 saturated heterocycles. The zero-order chi connectivity index (χ0) is 25.8. The molecule has 0 aliphatic carbocycles. The van der Waals surface area contributed by atoms with Crippen LogP contribution >= 0.6 is 11.3 Å². The molecule has 1 unspecified atom stereocenters. The number of benzene rings is 2. The van der Waals surface area contributed by atoms with Crippen LogP contribution in [0, 0.1) is 5.82 Å². The van der Waals surface area contributed by atoms with Gasteiger partial charge in [-0.25, -0.2) is 9.37 Å². The monoisotopic (exact) mass is 516 g/mol. The third kappa shape index (κ3) is 5.67. The molecular weight excluding hydrogens is 491 g/mol. The van der Waals surface area contributed by atoms with Crippen molar-refractivity contribution < 1.29 is 18.7 Å². The summed E-state index contributed by atoms with van der Waals surface area (Å²) in [4.78, 5) is 35.3. The lowest BCUT2D eigenvalue weighted by molar-refractivity contribution is -0.130. The second-order valence-corrected chi connectivity index (χ2v) is 9.64. The second-order valence-electron chi connectivity index (χ2n) is 8.70. The number of hydrogen-bond acceptors (Lipinski definition) is 6. The molecule has 2 amide bonds. The van der Waals surface area contributed by atoms with Crippen molar-refractivity contribution in [3.8, 4) is 5.75 Å². The Labute approximate surface area is 218 Å². The van der Waals surface area contributed by atoms with Crippen molar-refractivity contribution in [3.05, 3.63) is 111 Å². The van der Waals surface area contributed by atoms with Gasteiger partial charge in [0.1, 0.15) is 28.9 Å². The molecule has 0 radical (unpaired) electrons. The maximum Gasteiger partial charge on any atom is 0.271 e. The molecule has 188 valence electrons. The molecule has 0 fully saturated rings. The highest BCUT2D eigenvalue weighted by atomic mass is 32.1. The first-order valence-electron chi connectivity index (χ1n) is 11.9. The van der Waals surface area contributed by atoms with Gasteiger partial charge in [-0.05, 0) is 59.5 Å². The van der Waals surface area contributed by atoms with Gasteiger partial charge in [0, 0.05) is 25.0 Å². The van der Waals surface area contributed by atoms with Gasteiger partial charge in [0.15, 0.2) is 0 Å². The number of aromatic nitrogens is 2. The number of thiazole rings is 1. The molecule has 1 N–H and O–H groups in total. The van der Waals surface area contributed by atoms with E-state index in [0.29, 0.717) is 29.5 Å². The number of fused-ring (bicyclic) bond motifs is 1. The number of rotatable bonds is 7. The zero-order valence-electron chi connectivity index (χ0n) is 20.2. The maximum atomic E-state index is 13.6. The topological polar surface area (TPSA) is 84.4 Å². The quantitative estimate of drug-likeness (QED) is 0.386. The summed E-state index contributed by atoms with van der Waals surface area (Å²) in [5, 5.41) is 5.19. The average molecular weight is 517 g/mol. The standard InChI is InChI=1S/C28H25FN4O3S/c1-18(34)33-13-11-19-7-10-23(14-24(19)27(33)20-5-8-21(29)9-6-20)36-16-26-32-25(17-37-26)28(35)31-15-22-4-2-3-12-30-22/h2-10,12,14,17,27H,11,13,15-16H2,1H3,(H,31,35). The van der Waals surface area contributed by atoms with E-state index in [4.69, 9.17) is 4.74 Å². The highest BCUT2D eigenvalue weighted by Gasteiger charge is 2.31. The van der Waals surface area contributed by atoms with Crippen LogP contribution in [-0.4, -0.2) is 33.2 Å². The molecule has 1 aliphatic heterocycles. The molecule has 3 heterocycles. The SMILES string of the molecule is CC(=O)N1CCc2ccc(OCc3nc(C(=O)NCc4ccccn4)cs3)cc2C1c1ccc(F)cc1. The average Bonchev–Trinajstić information content (AvgIpc) is 3.40. The summed E-state index contributed by atoms with van der Waals surface area (Å²) in [6.07, 6.45) is 2.41. The van der Waals surface area contributed by atoms with Gasteiger partial charge < -0.3 is 15.0 Å². The lowest BCUT2D eigenvalue weighted by Gasteiger charge is -2.37. The molecule has 9 heteroatoms. The van der Waals surface area contributed by atoms with E-state index in [1.54, 1.807) is 35.5 Å². The fourth-order valence-electron chi connectivity index (χ4n) is 4.42. The summed E-state index contributed by atoms with van der Waals surface area (Å²) in [6.45, 7) is 2.67. The maximum absolute atomic E-state index is 13.6. The Hall–Kier alpha value is -4.11. The van der Waals surface area contributed by atoms with E-state index in [1.165, 1.54) is 23.5 Å². The first kappa shape index (κ1) is 24.6. The van der Waals surface area contributed by atoms with E-state index in [1.807, 2.05) is 36.4 Å². The Bertz CT molecular complexity index is 1410. The van der Waals surface area contributed by atoms with Crippen molar-refractivity contribution in [1.82, 2.24) is 20.2 Å². The fraction of sp³-hybridized carbons (Fsp3) is 0.214. The Balaban J connectivity index is 1.29. The second kappa shape index (κ2) is 10.9. The van der Waals surface area contributed by atoms with Crippen molar-refractivity contribution in [2.75, 3.05) is 6.54 Å². The number of nitrogens with zero attached hydrogens (tertiary/aromatic N) is 3. The van der Waals surface area contributed by atoms with Gasteiger partial charge in [0.05, 0.1) is 18.3 Å². The summed E-state index contributed by atoms with van der Waals surface area (Å²) in [6, 6.07) is 17.3. The molecule has 1 aliphatic rings. The smallest absolute Gasteiger partial charge is 0.271 e. The summed E-state index contributed by atoms with van der Waals surface area (Å²) < 4.78 is 19.6. The van der Waals surface area contributed by atoms with Crippen molar-refractivity contribution in [2.45, 2.75) is 32.5 Å². The third-order valence-corrected chi connectivity index (χ3v) is 7.06. The lowest BCUT2D eigenvalue weighted by atomic mass is 9.88. The van der Waals surface area contributed by atoms with E-state index in [0.717, 1.165) is 28.8 Å². The largest absolute Gasteiger partial charge is 0.486 e. The van der Waals surface area contributed by atoms with Crippen LogP contribution < -0.4 is 10.1 Å². The van der Waals surface area contributed by atoms with Crippen LogP contribution in [0.4, 0.5) is 4.39 Å². The number of carbonyl (C=O) groups is 2. The number of ether oxygens (including phenoxy) is 1. The summed E-state index contributed by atoms with van der Waals surface area (Å²) in [5.74, 6) is 0.00317. The Kier molecular flexibility index (Phi) is 7.23. The zero-order valence-corrected chi connectivity index (χ0v) is 21.0. The number of halogens is 1. The fourth-order valence-corrected chi connectivity index (χ4v) is 5.10. The molecular formula is C28H25FN4O3S. The van der Waals surface area contributed by atoms with Gasteiger partial charge in [-0.15, -0.1) is 11.3 Å². The van der Waals surface area contributed by atoms with E-state index >= 15 is 0 Å². The Morgan fingerprint density at radius 3 is 2.76 bits per heavy atom. The van der Waals surface area contributed by atoms with Crippen LogP contribution in [0.25, 0.3) is 0 Å². The van der Waals surface area contributed by atoms with E-state index in [2.05, 4.69) is 15.3 Å². The van der Waals surface area contributed by atoms with Gasteiger partial charge in [0.25, 0.3) is 5.91 Å². The normalized spacial score (nSPS) is 14.6. The molecule has 2 aromatic carbocycles. The number of carbonyl (C=O) groups excluding carboxylic acids is 2. The number of hydrogen-bond donors (Lipinski definition) is 1. The Morgan fingerprint density at radius 1 is 1.16 bits per heavy atom. The van der Waals surface area contributed by atoms with Crippen LogP contribution in [0.1, 0.15) is 50.8 Å². The van der Waals surface area contributed by atoms with E-state index in [9.17, 15) is 14.0 Å². The molecule has 37 heavy (non-hydrogen) atoms. The highest BCUT2D eigenvalue weighted by Crippen LogP contribution is 2.37. The number of amides is 2. The van der Waals surface area contributed by atoms with Crippen molar-refractivity contribution in [1.29, 1.82) is 0 Å². The molecule has 4 aromatic rings. The van der Waals surface area contributed by atoms with Crippen molar-refractivity contribution >= 4 is 23.2 Å². The third-order valence-electron chi connectivity index (χ3n) is 6.24. The summed E-state index contributed by atoms with van der Waals surface area (Å²) in [5.41, 5.74) is 4.03. The van der Waals surface area contributed by atoms with E-state index < -0.39 is 0 Å². The molecule has 1 atom stereocenters. The van der Waals surface area contributed by atoms with Gasteiger partial charge in [-0.1, -0.05) is 24.3 Å². The van der Waals surface area contributed by atoms with Crippen LogP contribution in [0.15, 0.2) is 72.2 Å². The minimum atomic E-state index is -0.320. The first-order chi connectivity index (χ1) is 18.0. The van der Waals surface area contributed by atoms with Crippen LogP contribution in [0.5, 0.6) is 5.75 Å². The highest BCUT2D eigenvalue weighted by molar-refractivity contribution is 7.09. The predicted octanol–water partition coefficient (Wildman–Crippen LogP) is 4.68. The van der Waals surface area contributed by atoms with E-state index in [-0.39, 0.29) is 30.3 Å². The van der Waals surface area contributed by atoms with Crippen molar-refractivity contribution in [3.63, 3.8) is 0 Å². The molecule has 0 spiro atoms. The van der Waals surface area contributed by atoms with Crippen LogP contribution in [0.3, 0.4) is 0 Å². The number of pyridine rings is 1. The molecule has 7 nitrogen and oxygen atoms in total. The lowest BCUT2D eigenvalue weighted by Crippen LogP contribution is -2.39. The minimum absolute atomic E-state index is 0.0390. The molecule has 0 saturated carbocycles. The Morgan fingerprint density at radius 2 is 2.00 bits per heavy atom. The summed E-state index contributed by atoms with van der Waals surface area (Å²) in [7, 11) is 0. The minimum Gasteiger partial charge on any atom is -0.486 e. The van der Waals surface area contributed by atoms with Gasteiger partial charge in [-0.3, -0.25) is 14.6 Å². The van der Waals surface area contributed by atoms with Crippen LogP contribution in [0.2, 0.25) is 0 Å². The molecule has 5 rings (SSSR count). The summed E-state index contributed by atoms with van der Waals surface area (Å²) >= 11 is 1.35. The van der Waals surface area contributed by atoms with Gasteiger partial charge >= 0.3 is 0 Å².